The van der Waals surface area contributed by atoms with Crippen molar-refractivity contribution in [3.8, 4) is 0 Å². The molecule has 5 nitrogen and oxygen atoms in total. The van der Waals surface area contributed by atoms with Crippen LogP contribution in [-0.2, 0) is 0 Å². The Labute approximate surface area is 197 Å². The maximum atomic E-state index is 7.88. The molecule has 0 atom stereocenters. The molecule has 0 amide bonds. The number of hydrogen-bond acceptors (Lipinski definition) is 2. The van der Waals surface area contributed by atoms with Gasteiger partial charge in [0.1, 0.15) is 0 Å². The molecule has 1 fully saturated rings. The molecule has 0 aliphatic heterocycles. The van der Waals surface area contributed by atoms with E-state index in [0.29, 0.717) is 11.6 Å². The SMILES string of the molecule is N=C(N)NC(=N)NCC1CCC([PH](c2ccccc2)(c2ccccc2)c2ccccc2)CC1. The molecule has 3 aromatic rings. The van der Waals surface area contributed by atoms with Gasteiger partial charge in [0.25, 0.3) is 0 Å². The van der Waals surface area contributed by atoms with Crippen LogP contribution in [0.2, 0.25) is 0 Å². The van der Waals surface area contributed by atoms with Gasteiger partial charge in [-0.25, -0.2) is 0 Å². The first-order valence-electron chi connectivity index (χ1n) is 11.7. The van der Waals surface area contributed by atoms with E-state index in [-0.39, 0.29) is 11.9 Å². The summed E-state index contributed by atoms with van der Waals surface area (Å²) in [5.41, 5.74) is 5.94. The molecule has 33 heavy (non-hydrogen) atoms. The second-order valence-electron chi connectivity index (χ2n) is 8.92. The average molecular weight is 460 g/mol. The van der Waals surface area contributed by atoms with Gasteiger partial charge in [-0.3, -0.25) is 0 Å². The minimum atomic E-state index is -2.24. The normalized spacial score (nSPS) is 18.8. The third-order valence-electron chi connectivity index (χ3n) is 6.97. The van der Waals surface area contributed by atoms with Crippen molar-refractivity contribution in [2.75, 3.05) is 6.54 Å². The molecule has 3 aromatic carbocycles. The van der Waals surface area contributed by atoms with Gasteiger partial charge in [-0.2, -0.15) is 0 Å². The molecule has 0 unspecified atom stereocenters. The van der Waals surface area contributed by atoms with Gasteiger partial charge >= 0.3 is 197 Å². The molecular formula is C27H34N5P. The standard InChI is InChI=1S/C27H34N5P/c28-26(29)32-27(30)31-20-21-16-18-25(19-17-21)33(22-10-4-1-5-11-22,23-12-6-2-7-13-23)24-14-8-3-9-15-24/h1-15,21,25,33H,16-20H2,(H6,28,29,30,31,32). The molecule has 1 saturated carbocycles. The zero-order chi connectivity index (χ0) is 23.1. The van der Waals surface area contributed by atoms with Gasteiger partial charge in [0.05, 0.1) is 0 Å². The fourth-order valence-corrected chi connectivity index (χ4v) is 11.3. The average Bonchev–Trinajstić information content (AvgIpc) is 2.86. The number of nitrogens with two attached hydrogens (primary N) is 1. The Morgan fingerprint density at radius 1 is 0.727 bits per heavy atom. The van der Waals surface area contributed by atoms with E-state index in [1.807, 2.05) is 0 Å². The molecule has 1 aliphatic carbocycles. The molecule has 0 spiro atoms. The van der Waals surface area contributed by atoms with Crippen LogP contribution >= 0.6 is 7.26 Å². The van der Waals surface area contributed by atoms with Crippen molar-refractivity contribution in [3.05, 3.63) is 91.0 Å². The number of guanidine groups is 2. The van der Waals surface area contributed by atoms with Crippen molar-refractivity contribution in [3.63, 3.8) is 0 Å². The van der Waals surface area contributed by atoms with Crippen molar-refractivity contribution < 1.29 is 0 Å². The molecular weight excluding hydrogens is 425 g/mol. The van der Waals surface area contributed by atoms with Gasteiger partial charge in [0.2, 0.25) is 0 Å². The Kier molecular flexibility index (Phi) is 7.41. The second-order valence-corrected chi connectivity index (χ2v) is 13.1. The van der Waals surface area contributed by atoms with E-state index in [9.17, 15) is 0 Å². The summed E-state index contributed by atoms with van der Waals surface area (Å²) in [5, 5.41) is 25.2. The van der Waals surface area contributed by atoms with Gasteiger partial charge in [-0.05, 0) is 0 Å². The second kappa shape index (κ2) is 10.6. The van der Waals surface area contributed by atoms with Crippen LogP contribution in [0.1, 0.15) is 25.7 Å². The van der Waals surface area contributed by atoms with E-state index in [2.05, 4.69) is 102 Å². The Hall–Kier alpha value is -3.17. The molecule has 0 radical (unpaired) electrons. The summed E-state index contributed by atoms with van der Waals surface area (Å²) in [5.74, 6) is 0.413. The van der Waals surface area contributed by atoms with E-state index < -0.39 is 7.26 Å². The molecule has 172 valence electrons. The van der Waals surface area contributed by atoms with Crippen LogP contribution in [0.15, 0.2) is 91.0 Å². The van der Waals surface area contributed by atoms with Crippen LogP contribution in [0.3, 0.4) is 0 Å². The number of benzene rings is 3. The Morgan fingerprint density at radius 2 is 1.15 bits per heavy atom. The van der Waals surface area contributed by atoms with Gasteiger partial charge in [0, 0.05) is 0 Å². The van der Waals surface area contributed by atoms with Gasteiger partial charge in [-0.15, -0.1) is 0 Å². The van der Waals surface area contributed by atoms with Crippen molar-refractivity contribution in [2.24, 2.45) is 11.7 Å². The third kappa shape index (κ3) is 5.09. The fourth-order valence-electron chi connectivity index (χ4n) is 5.54. The third-order valence-corrected chi connectivity index (χ3v) is 12.5. The monoisotopic (exact) mass is 459 g/mol. The summed E-state index contributed by atoms with van der Waals surface area (Å²) in [6.07, 6.45) is 4.61. The van der Waals surface area contributed by atoms with Crippen LogP contribution in [-0.4, -0.2) is 24.1 Å². The van der Waals surface area contributed by atoms with Crippen molar-refractivity contribution in [1.82, 2.24) is 10.6 Å². The first kappa shape index (κ1) is 23.0. The molecule has 0 heterocycles. The molecule has 1 aliphatic rings. The van der Waals surface area contributed by atoms with Crippen molar-refractivity contribution >= 4 is 35.1 Å². The van der Waals surface area contributed by atoms with Crippen molar-refractivity contribution in [2.45, 2.75) is 31.3 Å². The minimum absolute atomic E-state index is 0.103. The first-order valence-corrected chi connectivity index (χ1v) is 13.8. The molecule has 0 saturated heterocycles. The topological polar surface area (TPSA) is 97.8 Å². The number of rotatable bonds is 6. The van der Waals surface area contributed by atoms with Gasteiger partial charge in [0.15, 0.2) is 0 Å². The zero-order valence-electron chi connectivity index (χ0n) is 18.9. The summed E-state index contributed by atoms with van der Waals surface area (Å²) in [6, 6.07) is 33.5. The van der Waals surface area contributed by atoms with Crippen LogP contribution < -0.4 is 32.3 Å². The summed E-state index contributed by atoms with van der Waals surface area (Å²) in [7, 11) is -2.24. The summed E-state index contributed by atoms with van der Waals surface area (Å²) in [6.45, 7) is 0.738. The molecule has 4 rings (SSSR count). The predicted molar refractivity (Wildman–Crippen MR) is 143 cm³/mol. The van der Waals surface area contributed by atoms with Gasteiger partial charge in [-0.1, -0.05) is 0 Å². The molecule has 6 heteroatoms. The first-order chi connectivity index (χ1) is 16.1. The van der Waals surface area contributed by atoms with E-state index >= 15 is 0 Å². The van der Waals surface area contributed by atoms with E-state index in [1.165, 1.54) is 28.8 Å². The number of nitrogens with one attached hydrogen (secondary N) is 4. The molecule has 0 aromatic heterocycles. The quantitative estimate of drug-likeness (QED) is 0.222. The van der Waals surface area contributed by atoms with Crippen molar-refractivity contribution in [1.29, 1.82) is 10.8 Å². The zero-order valence-corrected chi connectivity index (χ0v) is 19.9. The van der Waals surface area contributed by atoms with Crippen LogP contribution in [0.4, 0.5) is 0 Å². The Morgan fingerprint density at radius 3 is 1.55 bits per heavy atom. The fraction of sp³-hybridized carbons (Fsp3) is 0.259. The summed E-state index contributed by atoms with van der Waals surface area (Å²) >= 11 is 0. The maximum absolute atomic E-state index is 7.88. The number of hydrogen-bond donors (Lipinski definition) is 5. The summed E-state index contributed by atoms with van der Waals surface area (Å²) < 4.78 is 0. The van der Waals surface area contributed by atoms with Crippen LogP contribution in [0, 0.1) is 16.7 Å². The Bertz CT molecular complexity index is 951. The molecule has 6 N–H and O–H groups in total. The van der Waals surface area contributed by atoms with E-state index in [1.54, 1.807) is 0 Å². The van der Waals surface area contributed by atoms with Crippen LogP contribution in [0.5, 0.6) is 0 Å². The van der Waals surface area contributed by atoms with E-state index in [4.69, 9.17) is 16.6 Å². The van der Waals surface area contributed by atoms with Gasteiger partial charge < -0.3 is 0 Å². The Balaban J connectivity index is 1.64. The van der Waals surface area contributed by atoms with Crippen LogP contribution in [0.25, 0.3) is 0 Å². The molecule has 0 bridgehead atoms. The summed E-state index contributed by atoms with van der Waals surface area (Å²) in [4.78, 5) is 0. The van der Waals surface area contributed by atoms with E-state index in [0.717, 1.165) is 19.4 Å². The predicted octanol–water partition coefficient (Wildman–Crippen LogP) is 3.28.